The van der Waals surface area contributed by atoms with E-state index in [0.717, 1.165) is 64.5 Å². The van der Waals surface area contributed by atoms with Gasteiger partial charge >= 0.3 is 5.97 Å². The molecule has 3 aliphatic rings. The third-order valence-electron chi connectivity index (χ3n) is 8.05. The van der Waals surface area contributed by atoms with E-state index in [4.69, 9.17) is 37.4 Å². The van der Waals surface area contributed by atoms with Gasteiger partial charge in [-0.25, -0.2) is 9.78 Å². The first kappa shape index (κ1) is 24.4. The fourth-order valence-electron chi connectivity index (χ4n) is 6.01. The maximum atomic E-state index is 11.5. The van der Waals surface area contributed by atoms with Crippen LogP contribution in [0.1, 0.15) is 58.8 Å². The zero-order valence-corrected chi connectivity index (χ0v) is 22.9. The summed E-state index contributed by atoms with van der Waals surface area (Å²) in [7, 11) is 0. The van der Waals surface area contributed by atoms with Crippen LogP contribution >= 0.6 is 34.5 Å². The molecule has 2 bridgehead atoms. The molecule has 7 rings (SSSR count). The number of rotatable bonds is 7. The number of ether oxygens (including phenoxy) is 1. The number of aromatic nitrogens is 2. The van der Waals surface area contributed by atoms with Gasteiger partial charge in [-0.1, -0.05) is 45.8 Å². The van der Waals surface area contributed by atoms with Gasteiger partial charge in [0.25, 0.3) is 0 Å². The van der Waals surface area contributed by atoms with Crippen LogP contribution in [-0.2, 0) is 11.3 Å². The number of piperidine rings is 1. The summed E-state index contributed by atoms with van der Waals surface area (Å²) in [6.07, 6.45) is 4.31. The number of hydrogen-bond acceptors (Lipinski definition) is 7. The van der Waals surface area contributed by atoms with Gasteiger partial charge in [-0.3, -0.25) is 0 Å². The highest BCUT2D eigenvalue weighted by Crippen LogP contribution is 2.48. The average Bonchev–Trinajstić information content (AvgIpc) is 3.22. The van der Waals surface area contributed by atoms with Crippen molar-refractivity contribution in [1.29, 1.82) is 0 Å². The number of carbonyl (C=O) groups is 1. The van der Waals surface area contributed by atoms with E-state index >= 15 is 0 Å². The molecule has 3 fully saturated rings. The van der Waals surface area contributed by atoms with Gasteiger partial charge in [-0.05, 0) is 62.4 Å². The summed E-state index contributed by atoms with van der Waals surface area (Å²) in [5, 5.41) is 15.9. The zero-order chi connectivity index (χ0) is 26.1. The van der Waals surface area contributed by atoms with E-state index in [1.54, 1.807) is 23.5 Å². The van der Waals surface area contributed by atoms with Gasteiger partial charge in [0.1, 0.15) is 11.5 Å². The van der Waals surface area contributed by atoms with Crippen LogP contribution in [0.3, 0.4) is 0 Å². The molecule has 2 saturated carbocycles. The van der Waals surface area contributed by atoms with Crippen molar-refractivity contribution in [3.8, 4) is 11.3 Å². The molecule has 0 amide bonds. The van der Waals surface area contributed by atoms with Gasteiger partial charge in [0.2, 0.25) is 0 Å². The molecule has 2 aromatic heterocycles. The highest BCUT2D eigenvalue weighted by molar-refractivity contribution is 7.22. The number of thiazole rings is 1. The minimum atomic E-state index is -0.914. The Hall–Kier alpha value is -2.65. The van der Waals surface area contributed by atoms with E-state index in [1.807, 2.05) is 25.1 Å². The van der Waals surface area contributed by atoms with E-state index in [-0.39, 0.29) is 6.10 Å². The number of anilines is 1. The van der Waals surface area contributed by atoms with Crippen LogP contribution in [0.2, 0.25) is 10.0 Å². The Kier molecular flexibility index (Phi) is 5.92. The highest BCUT2D eigenvalue weighted by atomic mass is 35.5. The molecule has 3 heterocycles. The van der Waals surface area contributed by atoms with E-state index < -0.39 is 5.97 Å². The number of fused-ring (bicyclic) bond motifs is 3. The molecule has 3 atom stereocenters. The predicted molar refractivity (Wildman–Crippen MR) is 148 cm³/mol. The second kappa shape index (κ2) is 9.23. The molecular formula is C28H25Cl2N3O4S. The third kappa shape index (κ3) is 4.09. The minimum Gasteiger partial charge on any atom is -0.478 e. The van der Waals surface area contributed by atoms with Crippen LogP contribution in [0.5, 0.6) is 0 Å². The monoisotopic (exact) mass is 569 g/mol. The first-order valence-corrected chi connectivity index (χ1v) is 14.4. The van der Waals surface area contributed by atoms with E-state index in [2.05, 4.69) is 10.1 Å². The summed E-state index contributed by atoms with van der Waals surface area (Å²) in [5.41, 5.74) is 4.41. The van der Waals surface area contributed by atoms with Crippen LogP contribution in [0.25, 0.3) is 21.5 Å². The first-order chi connectivity index (χ1) is 18.4. The first-order valence-electron chi connectivity index (χ1n) is 12.8. The lowest BCUT2D eigenvalue weighted by Crippen LogP contribution is -2.38. The molecule has 1 N–H and O–H groups in total. The second-order valence-corrected chi connectivity index (χ2v) is 12.4. The smallest absolute Gasteiger partial charge is 0.335 e. The molecule has 0 spiro atoms. The molecule has 10 heteroatoms. The normalized spacial score (nSPS) is 22.6. The molecule has 0 radical (unpaired) electrons. The van der Waals surface area contributed by atoms with Crippen molar-refractivity contribution in [2.45, 2.75) is 57.3 Å². The number of carboxylic acids is 1. The van der Waals surface area contributed by atoms with Crippen molar-refractivity contribution < 1.29 is 19.2 Å². The molecule has 7 nitrogen and oxygen atoms in total. The van der Waals surface area contributed by atoms with Gasteiger partial charge in [-0.2, -0.15) is 0 Å². The standard InChI is InChI=1S/C28H25Cl2N3O4S/c1-13-7-15(27(34)35)9-22-24(13)31-28(38-22)33-11-16-8-17(33)10-21(16)36-12-18-25(32-37-26(18)14-5-6-14)23-19(29)3-2-4-20(23)30/h2-4,7,9,14,16-17,21H,5-6,8,10-12H2,1H3,(H,34,35). The molecule has 38 heavy (non-hydrogen) atoms. The maximum absolute atomic E-state index is 11.5. The molecule has 4 aromatic rings. The molecule has 2 aromatic carbocycles. The summed E-state index contributed by atoms with van der Waals surface area (Å²) in [4.78, 5) is 18.7. The van der Waals surface area contributed by atoms with Crippen molar-refractivity contribution in [1.82, 2.24) is 10.1 Å². The lowest BCUT2D eigenvalue weighted by Gasteiger charge is -2.31. The number of nitrogens with zero attached hydrogens (tertiary/aromatic N) is 3. The molecule has 1 aliphatic heterocycles. The predicted octanol–water partition coefficient (Wildman–Crippen LogP) is 7.33. The van der Waals surface area contributed by atoms with E-state index in [1.165, 1.54) is 0 Å². The summed E-state index contributed by atoms with van der Waals surface area (Å²) >= 11 is 14.6. The number of carboxylic acid groups (broad SMARTS) is 1. The number of halogens is 2. The van der Waals surface area contributed by atoms with Crippen molar-refractivity contribution in [2.75, 3.05) is 11.4 Å². The van der Waals surface area contributed by atoms with Gasteiger partial charge in [0.15, 0.2) is 5.13 Å². The lowest BCUT2D eigenvalue weighted by molar-refractivity contribution is 0.0122. The maximum Gasteiger partial charge on any atom is 0.335 e. The molecule has 196 valence electrons. The van der Waals surface area contributed by atoms with Crippen LogP contribution in [0, 0.1) is 12.8 Å². The topological polar surface area (TPSA) is 88.7 Å². The Morgan fingerprint density at radius 2 is 2.03 bits per heavy atom. The van der Waals surface area contributed by atoms with Gasteiger partial charge in [-0.15, -0.1) is 0 Å². The quantitative estimate of drug-likeness (QED) is 0.249. The lowest BCUT2D eigenvalue weighted by atomic mass is 10.0. The molecule has 1 saturated heterocycles. The second-order valence-electron chi connectivity index (χ2n) is 10.6. The van der Waals surface area contributed by atoms with Crippen LogP contribution in [-0.4, -0.2) is 39.9 Å². The Bertz CT molecular complexity index is 1560. The van der Waals surface area contributed by atoms with Crippen molar-refractivity contribution >= 4 is 55.9 Å². The Morgan fingerprint density at radius 3 is 2.71 bits per heavy atom. The molecular weight excluding hydrogens is 545 g/mol. The minimum absolute atomic E-state index is 0.141. The average molecular weight is 570 g/mol. The van der Waals surface area contributed by atoms with Crippen LogP contribution < -0.4 is 4.90 Å². The summed E-state index contributed by atoms with van der Waals surface area (Å²) in [5.74, 6) is 0.768. The summed E-state index contributed by atoms with van der Waals surface area (Å²) in [6.45, 7) is 3.21. The number of hydrogen-bond donors (Lipinski definition) is 1. The van der Waals surface area contributed by atoms with Crippen LogP contribution in [0.4, 0.5) is 5.13 Å². The van der Waals surface area contributed by atoms with E-state index in [0.29, 0.717) is 51.4 Å². The fourth-order valence-corrected chi connectivity index (χ4v) is 7.75. The molecule has 2 aliphatic carbocycles. The Balaban J connectivity index is 1.09. The number of benzene rings is 2. The van der Waals surface area contributed by atoms with Gasteiger partial charge in [0, 0.05) is 35.5 Å². The summed E-state index contributed by atoms with van der Waals surface area (Å²) in [6, 6.07) is 9.23. The SMILES string of the molecule is Cc1cc(C(=O)O)cc2sc(N3CC4CC3CC4OCc3c(-c4c(Cl)cccc4Cl)noc3C3CC3)nc12. The third-order valence-corrected chi connectivity index (χ3v) is 9.72. The van der Waals surface area contributed by atoms with Gasteiger partial charge < -0.3 is 19.3 Å². The fraction of sp³-hybridized carbons (Fsp3) is 0.393. The van der Waals surface area contributed by atoms with Gasteiger partial charge in [0.05, 0.1) is 38.5 Å². The number of aryl methyl sites for hydroxylation is 1. The van der Waals surface area contributed by atoms with Crippen molar-refractivity contribution in [2.24, 2.45) is 5.92 Å². The number of aromatic carboxylic acids is 1. The van der Waals surface area contributed by atoms with Crippen molar-refractivity contribution in [3.63, 3.8) is 0 Å². The van der Waals surface area contributed by atoms with Crippen molar-refractivity contribution in [3.05, 3.63) is 62.8 Å². The highest BCUT2D eigenvalue weighted by Gasteiger charge is 2.46. The summed E-state index contributed by atoms with van der Waals surface area (Å²) < 4.78 is 13.3. The molecule has 3 unspecified atom stereocenters. The Labute approximate surface area is 233 Å². The zero-order valence-electron chi connectivity index (χ0n) is 20.6. The van der Waals surface area contributed by atoms with Crippen LogP contribution in [0.15, 0.2) is 34.9 Å². The van der Waals surface area contributed by atoms with E-state index in [9.17, 15) is 9.90 Å². The Morgan fingerprint density at radius 1 is 1.24 bits per heavy atom. The largest absolute Gasteiger partial charge is 0.478 e.